The molecule has 0 fully saturated rings. The molecule has 0 aliphatic carbocycles. The number of nitrogen functional groups attached to an aromatic ring is 1. The van der Waals surface area contributed by atoms with Crippen molar-refractivity contribution in [2.24, 2.45) is 0 Å². The number of nitrogens with one attached hydrogen (secondary N) is 2. The summed E-state index contributed by atoms with van der Waals surface area (Å²) in [4.78, 5) is 22.8. The van der Waals surface area contributed by atoms with Crippen LogP contribution in [0, 0.1) is 10.1 Å². The first-order valence-electron chi connectivity index (χ1n) is 7.90. The van der Waals surface area contributed by atoms with Crippen molar-refractivity contribution < 1.29 is 4.92 Å². The predicted octanol–water partition coefficient (Wildman–Crippen LogP) is 2.55. The van der Waals surface area contributed by atoms with E-state index >= 15 is 0 Å². The Morgan fingerprint density at radius 1 is 1.00 bits per heavy atom. The number of aromatic nitrogens is 3. The number of anilines is 3. The summed E-state index contributed by atoms with van der Waals surface area (Å²) >= 11 is 0. The van der Waals surface area contributed by atoms with Crippen LogP contribution < -0.4 is 16.4 Å². The van der Waals surface area contributed by atoms with E-state index in [1.165, 1.54) is 12.1 Å². The molecule has 132 valence electrons. The third-order valence-electron chi connectivity index (χ3n) is 3.54. The number of nitro groups is 1. The molecule has 3 aromatic rings. The van der Waals surface area contributed by atoms with Crippen molar-refractivity contribution >= 4 is 23.3 Å². The van der Waals surface area contributed by atoms with Gasteiger partial charge in [0.15, 0.2) is 0 Å². The van der Waals surface area contributed by atoms with Gasteiger partial charge in [-0.05, 0) is 12.1 Å². The molecule has 0 bridgehead atoms. The van der Waals surface area contributed by atoms with Crippen LogP contribution in [0.15, 0.2) is 54.7 Å². The summed E-state index contributed by atoms with van der Waals surface area (Å²) < 4.78 is 0. The Morgan fingerprint density at radius 2 is 1.77 bits per heavy atom. The number of hydrogen-bond donors (Lipinski definition) is 3. The van der Waals surface area contributed by atoms with E-state index in [4.69, 9.17) is 5.73 Å². The minimum Gasteiger partial charge on any atom is -0.378 e. The lowest BCUT2D eigenvalue weighted by Crippen LogP contribution is -2.16. The number of nitrogens with two attached hydrogens (primary N) is 1. The molecule has 0 saturated heterocycles. The molecule has 0 spiro atoms. The molecular formula is C17H17N7O2. The minimum atomic E-state index is -0.565. The van der Waals surface area contributed by atoms with Crippen LogP contribution in [0.5, 0.6) is 0 Å². The summed E-state index contributed by atoms with van der Waals surface area (Å²) in [6.07, 6.45) is 1.70. The van der Waals surface area contributed by atoms with Gasteiger partial charge in [-0.2, -0.15) is 0 Å². The topological polar surface area (TPSA) is 132 Å². The molecular weight excluding hydrogens is 334 g/mol. The molecule has 0 aliphatic rings. The summed E-state index contributed by atoms with van der Waals surface area (Å²) in [6.45, 7) is 1.06. The lowest BCUT2D eigenvalue weighted by atomic mass is 10.1. The molecule has 0 aliphatic heterocycles. The monoisotopic (exact) mass is 351 g/mol. The fourth-order valence-corrected chi connectivity index (χ4v) is 2.30. The van der Waals surface area contributed by atoms with Crippen LogP contribution in [-0.4, -0.2) is 33.0 Å². The largest absolute Gasteiger partial charge is 0.378 e. The van der Waals surface area contributed by atoms with E-state index in [2.05, 4.69) is 25.6 Å². The van der Waals surface area contributed by atoms with Gasteiger partial charge < -0.3 is 16.4 Å². The van der Waals surface area contributed by atoms with E-state index in [0.29, 0.717) is 24.9 Å². The van der Waals surface area contributed by atoms with Gasteiger partial charge in [-0.15, -0.1) is 0 Å². The molecule has 26 heavy (non-hydrogen) atoms. The first-order chi connectivity index (χ1) is 12.6. The van der Waals surface area contributed by atoms with Crippen LogP contribution in [0.1, 0.15) is 0 Å². The molecule has 2 aromatic heterocycles. The Kier molecular flexibility index (Phi) is 5.18. The molecule has 0 atom stereocenters. The van der Waals surface area contributed by atoms with Crippen molar-refractivity contribution in [1.29, 1.82) is 0 Å². The highest BCUT2D eigenvalue weighted by Gasteiger charge is 2.12. The maximum Gasteiger partial charge on any atom is 0.311 e. The Hall–Kier alpha value is -3.75. The summed E-state index contributed by atoms with van der Waals surface area (Å²) in [5.74, 6) is 0.866. The van der Waals surface area contributed by atoms with E-state index in [0.717, 1.165) is 11.3 Å². The number of rotatable bonds is 7. The molecule has 1 aromatic carbocycles. The number of hydrogen-bond acceptors (Lipinski definition) is 8. The van der Waals surface area contributed by atoms with Crippen molar-refractivity contribution in [2.75, 3.05) is 29.5 Å². The molecule has 0 saturated carbocycles. The van der Waals surface area contributed by atoms with Crippen LogP contribution in [-0.2, 0) is 0 Å². The number of nitrogens with zero attached hydrogens (tertiary/aromatic N) is 4. The second kappa shape index (κ2) is 7.88. The summed E-state index contributed by atoms with van der Waals surface area (Å²) in [6, 6.07) is 14.5. The maximum absolute atomic E-state index is 10.7. The molecule has 0 radical (unpaired) electrons. The SMILES string of the molecule is Nc1nc(NCCNc2nccc(-c3ccccc3)n2)ccc1[N+](=O)[O-]. The maximum atomic E-state index is 10.7. The van der Waals surface area contributed by atoms with E-state index in [1.54, 1.807) is 6.20 Å². The normalized spacial score (nSPS) is 10.3. The fraction of sp³-hybridized carbons (Fsp3) is 0.118. The van der Waals surface area contributed by atoms with E-state index < -0.39 is 4.92 Å². The van der Waals surface area contributed by atoms with Crippen LogP contribution in [0.3, 0.4) is 0 Å². The van der Waals surface area contributed by atoms with Crippen LogP contribution >= 0.6 is 0 Å². The molecule has 9 heteroatoms. The average Bonchev–Trinajstić information content (AvgIpc) is 2.66. The first-order valence-corrected chi connectivity index (χ1v) is 7.90. The van der Waals surface area contributed by atoms with Crippen molar-refractivity contribution in [3.05, 3.63) is 64.8 Å². The van der Waals surface area contributed by atoms with Crippen LogP contribution in [0.2, 0.25) is 0 Å². The summed E-state index contributed by atoms with van der Waals surface area (Å²) in [5.41, 5.74) is 7.20. The second-order valence-corrected chi connectivity index (χ2v) is 5.34. The van der Waals surface area contributed by atoms with E-state index in [-0.39, 0.29) is 11.5 Å². The van der Waals surface area contributed by atoms with Crippen molar-refractivity contribution in [3.63, 3.8) is 0 Å². The lowest BCUT2D eigenvalue weighted by Gasteiger charge is -2.08. The van der Waals surface area contributed by atoms with Crippen LogP contribution in [0.4, 0.5) is 23.3 Å². The quantitative estimate of drug-likeness (QED) is 0.336. The van der Waals surface area contributed by atoms with Gasteiger partial charge >= 0.3 is 5.69 Å². The lowest BCUT2D eigenvalue weighted by molar-refractivity contribution is -0.384. The Morgan fingerprint density at radius 3 is 2.50 bits per heavy atom. The third-order valence-corrected chi connectivity index (χ3v) is 3.54. The van der Waals surface area contributed by atoms with Gasteiger partial charge in [0, 0.05) is 30.9 Å². The Balaban J connectivity index is 1.54. The van der Waals surface area contributed by atoms with Gasteiger partial charge in [-0.25, -0.2) is 15.0 Å². The second-order valence-electron chi connectivity index (χ2n) is 5.34. The van der Waals surface area contributed by atoms with Crippen molar-refractivity contribution in [2.45, 2.75) is 0 Å². The zero-order valence-electron chi connectivity index (χ0n) is 13.8. The van der Waals surface area contributed by atoms with Gasteiger partial charge in [0.2, 0.25) is 11.8 Å². The van der Waals surface area contributed by atoms with Crippen molar-refractivity contribution in [3.8, 4) is 11.3 Å². The average molecular weight is 351 g/mol. The smallest absolute Gasteiger partial charge is 0.311 e. The van der Waals surface area contributed by atoms with Crippen LogP contribution in [0.25, 0.3) is 11.3 Å². The minimum absolute atomic E-state index is 0.119. The third kappa shape index (κ3) is 4.20. The van der Waals surface area contributed by atoms with Gasteiger partial charge in [0.25, 0.3) is 0 Å². The molecule has 3 rings (SSSR count). The molecule has 2 heterocycles. The Bertz CT molecular complexity index is 903. The zero-order chi connectivity index (χ0) is 18.4. The van der Waals surface area contributed by atoms with E-state index in [9.17, 15) is 10.1 Å². The highest BCUT2D eigenvalue weighted by molar-refractivity contribution is 5.60. The van der Waals surface area contributed by atoms with Gasteiger partial charge in [0.1, 0.15) is 5.82 Å². The molecule has 4 N–H and O–H groups in total. The summed E-state index contributed by atoms with van der Waals surface area (Å²) in [7, 11) is 0. The van der Waals surface area contributed by atoms with Crippen molar-refractivity contribution in [1.82, 2.24) is 15.0 Å². The molecule has 0 unspecified atom stereocenters. The van der Waals surface area contributed by atoms with E-state index in [1.807, 2.05) is 36.4 Å². The molecule has 9 nitrogen and oxygen atoms in total. The number of pyridine rings is 1. The number of benzene rings is 1. The predicted molar refractivity (Wildman–Crippen MR) is 99.8 cm³/mol. The van der Waals surface area contributed by atoms with Gasteiger partial charge in [0.05, 0.1) is 10.6 Å². The molecule has 0 amide bonds. The standard InChI is InChI=1S/C17H17N7O2/c18-16-14(24(25)26)6-7-15(23-16)19-10-11-21-17-20-9-8-13(22-17)12-4-2-1-3-5-12/h1-9H,10-11H2,(H3,18,19,23)(H,20,21,22). The Labute approximate surface area is 149 Å². The highest BCUT2D eigenvalue weighted by Crippen LogP contribution is 2.20. The summed E-state index contributed by atoms with van der Waals surface area (Å²) in [5, 5.41) is 16.9. The van der Waals surface area contributed by atoms with Gasteiger partial charge in [-0.1, -0.05) is 30.3 Å². The highest BCUT2D eigenvalue weighted by atomic mass is 16.6. The fourth-order valence-electron chi connectivity index (χ4n) is 2.30. The first kappa shape index (κ1) is 17.1. The zero-order valence-corrected chi connectivity index (χ0v) is 13.8. The van der Waals surface area contributed by atoms with Gasteiger partial charge in [-0.3, -0.25) is 10.1 Å².